The summed E-state index contributed by atoms with van der Waals surface area (Å²) in [7, 11) is 0. The number of nitrogens with zero attached hydrogens (tertiary/aromatic N) is 1. The zero-order chi connectivity index (χ0) is 13.2. The van der Waals surface area contributed by atoms with Gasteiger partial charge < -0.3 is 10.2 Å². The lowest BCUT2D eigenvalue weighted by atomic mass is 9.91. The summed E-state index contributed by atoms with van der Waals surface area (Å²) in [4.78, 5) is 2.63. The number of likely N-dealkylation sites (tertiary alicyclic amines) is 1. The standard InChI is InChI=1S/C16H32N2/c1-5-8-18-9-6-14(7-10-18)17-15-12-16(3,4)11-13(15)2/h13-15,17H,5-12H2,1-4H3. The van der Waals surface area contributed by atoms with Crippen LogP contribution in [0.4, 0.5) is 0 Å². The molecule has 1 heterocycles. The van der Waals surface area contributed by atoms with Crippen molar-refractivity contribution in [2.45, 2.75) is 71.9 Å². The van der Waals surface area contributed by atoms with E-state index >= 15 is 0 Å². The fourth-order valence-electron chi connectivity index (χ4n) is 4.06. The molecule has 1 N–H and O–H groups in total. The summed E-state index contributed by atoms with van der Waals surface area (Å²) in [6.45, 7) is 13.5. The van der Waals surface area contributed by atoms with Crippen LogP contribution in [0.3, 0.4) is 0 Å². The molecule has 1 saturated carbocycles. The lowest BCUT2D eigenvalue weighted by Crippen LogP contribution is -2.47. The van der Waals surface area contributed by atoms with Crippen LogP contribution in [0.25, 0.3) is 0 Å². The second-order valence-corrected chi connectivity index (χ2v) is 7.44. The lowest BCUT2D eigenvalue weighted by Gasteiger charge is -2.34. The van der Waals surface area contributed by atoms with Gasteiger partial charge in [-0.25, -0.2) is 0 Å². The second kappa shape index (κ2) is 5.92. The molecule has 2 fully saturated rings. The molecule has 0 amide bonds. The summed E-state index contributed by atoms with van der Waals surface area (Å²) >= 11 is 0. The first-order chi connectivity index (χ1) is 8.50. The van der Waals surface area contributed by atoms with Crippen molar-refractivity contribution in [3.05, 3.63) is 0 Å². The molecule has 2 nitrogen and oxygen atoms in total. The van der Waals surface area contributed by atoms with Gasteiger partial charge in [0.25, 0.3) is 0 Å². The van der Waals surface area contributed by atoms with Crippen molar-refractivity contribution in [3.63, 3.8) is 0 Å². The Morgan fingerprint density at radius 2 is 1.83 bits per heavy atom. The van der Waals surface area contributed by atoms with Gasteiger partial charge in [-0.05, 0) is 63.1 Å². The third-order valence-corrected chi connectivity index (χ3v) is 4.91. The molecule has 0 aromatic rings. The average Bonchev–Trinajstić information content (AvgIpc) is 2.55. The van der Waals surface area contributed by atoms with Gasteiger partial charge in [0, 0.05) is 12.1 Å². The maximum Gasteiger partial charge on any atom is 0.0101 e. The van der Waals surface area contributed by atoms with Gasteiger partial charge in [0.05, 0.1) is 0 Å². The molecule has 0 aromatic carbocycles. The summed E-state index contributed by atoms with van der Waals surface area (Å²) in [5.41, 5.74) is 0.556. The summed E-state index contributed by atoms with van der Waals surface area (Å²) in [6, 6.07) is 1.54. The van der Waals surface area contributed by atoms with Crippen molar-refractivity contribution in [1.82, 2.24) is 10.2 Å². The summed E-state index contributed by atoms with van der Waals surface area (Å²) in [6.07, 6.45) is 6.75. The van der Waals surface area contributed by atoms with Gasteiger partial charge >= 0.3 is 0 Å². The van der Waals surface area contributed by atoms with Crippen molar-refractivity contribution in [3.8, 4) is 0 Å². The van der Waals surface area contributed by atoms with Crippen LogP contribution < -0.4 is 5.32 Å². The molecule has 2 aliphatic rings. The molecule has 106 valence electrons. The molecule has 1 aliphatic carbocycles. The number of rotatable bonds is 4. The van der Waals surface area contributed by atoms with Gasteiger partial charge in [-0.1, -0.05) is 27.7 Å². The van der Waals surface area contributed by atoms with Crippen LogP contribution in [0.5, 0.6) is 0 Å². The van der Waals surface area contributed by atoms with Crippen LogP contribution in [0, 0.1) is 11.3 Å². The van der Waals surface area contributed by atoms with Crippen molar-refractivity contribution in [2.24, 2.45) is 11.3 Å². The Morgan fingerprint density at radius 3 is 2.33 bits per heavy atom. The molecular formula is C16H32N2. The molecule has 2 rings (SSSR count). The molecule has 0 aromatic heterocycles. The van der Waals surface area contributed by atoms with E-state index in [1.807, 2.05) is 0 Å². The van der Waals surface area contributed by atoms with E-state index in [1.54, 1.807) is 0 Å². The van der Waals surface area contributed by atoms with Gasteiger partial charge in [-0.2, -0.15) is 0 Å². The third-order valence-electron chi connectivity index (χ3n) is 4.91. The normalized spacial score (nSPS) is 34.0. The zero-order valence-corrected chi connectivity index (χ0v) is 12.8. The topological polar surface area (TPSA) is 15.3 Å². The van der Waals surface area contributed by atoms with Crippen molar-refractivity contribution < 1.29 is 0 Å². The maximum absolute atomic E-state index is 3.96. The van der Waals surface area contributed by atoms with E-state index in [-0.39, 0.29) is 0 Å². The molecule has 1 aliphatic heterocycles. The molecule has 2 atom stereocenters. The zero-order valence-electron chi connectivity index (χ0n) is 12.8. The molecule has 0 spiro atoms. The maximum atomic E-state index is 3.96. The van der Waals surface area contributed by atoms with Crippen LogP contribution in [0.1, 0.15) is 59.8 Å². The van der Waals surface area contributed by atoms with Gasteiger partial charge in [-0.15, -0.1) is 0 Å². The van der Waals surface area contributed by atoms with Crippen molar-refractivity contribution in [2.75, 3.05) is 19.6 Å². The predicted molar refractivity (Wildman–Crippen MR) is 78.9 cm³/mol. The molecule has 1 saturated heterocycles. The van der Waals surface area contributed by atoms with Gasteiger partial charge in [0.15, 0.2) is 0 Å². The van der Waals surface area contributed by atoms with Gasteiger partial charge in [0.1, 0.15) is 0 Å². The highest BCUT2D eigenvalue weighted by molar-refractivity contribution is 4.93. The Kier molecular flexibility index (Phi) is 4.71. The quantitative estimate of drug-likeness (QED) is 0.826. The van der Waals surface area contributed by atoms with E-state index in [0.29, 0.717) is 5.41 Å². The minimum atomic E-state index is 0.556. The minimum Gasteiger partial charge on any atom is -0.311 e. The third kappa shape index (κ3) is 3.71. The Bertz CT molecular complexity index is 254. The largest absolute Gasteiger partial charge is 0.311 e. The molecule has 0 bridgehead atoms. The van der Waals surface area contributed by atoms with E-state index in [0.717, 1.165) is 18.0 Å². The van der Waals surface area contributed by atoms with E-state index in [1.165, 1.54) is 51.7 Å². The van der Waals surface area contributed by atoms with Gasteiger partial charge in [-0.3, -0.25) is 0 Å². The first-order valence-corrected chi connectivity index (χ1v) is 7.98. The van der Waals surface area contributed by atoms with Gasteiger partial charge in [0.2, 0.25) is 0 Å². The van der Waals surface area contributed by atoms with Crippen LogP contribution in [0.2, 0.25) is 0 Å². The highest BCUT2D eigenvalue weighted by Crippen LogP contribution is 2.41. The molecule has 0 radical (unpaired) electrons. The Morgan fingerprint density at radius 1 is 1.17 bits per heavy atom. The van der Waals surface area contributed by atoms with Crippen LogP contribution in [0.15, 0.2) is 0 Å². The lowest BCUT2D eigenvalue weighted by molar-refractivity contribution is 0.185. The Balaban J connectivity index is 1.75. The molecule has 2 heteroatoms. The number of piperidine rings is 1. The Labute approximate surface area is 114 Å². The van der Waals surface area contributed by atoms with E-state index in [2.05, 4.69) is 37.9 Å². The average molecular weight is 252 g/mol. The summed E-state index contributed by atoms with van der Waals surface area (Å²) < 4.78 is 0. The monoisotopic (exact) mass is 252 g/mol. The van der Waals surface area contributed by atoms with Crippen LogP contribution in [-0.4, -0.2) is 36.6 Å². The molecular weight excluding hydrogens is 220 g/mol. The van der Waals surface area contributed by atoms with E-state index in [9.17, 15) is 0 Å². The number of nitrogens with one attached hydrogen (secondary N) is 1. The molecule has 18 heavy (non-hydrogen) atoms. The minimum absolute atomic E-state index is 0.556. The summed E-state index contributed by atoms with van der Waals surface area (Å²) in [5, 5.41) is 3.96. The number of hydrogen-bond donors (Lipinski definition) is 1. The van der Waals surface area contributed by atoms with Crippen molar-refractivity contribution >= 4 is 0 Å². The summed E-state index contributed by atoms with van der Waals surface area (Å²) in [5.74, 6) is 0.855. The SMILES string of the molecule is CCCN1CCC(NC2CC(C)(C)CC2C)CC1. The van der Waals surface area contributed by atoms with Crippen LogP contribution >= 0.6 is 0 Å². The number of hydrogen-bond acceptors (Lipinski definition) is 2. The fraction of sp³-hybridized carbons (Fsp3) is 1.00. The fourth-order valence-corrected chi connectivity index (χ4v) is 4.06. The predicted octanol–water partition coefficient (Wildman–Crippen LogP) is 3.28. The first kappa shape index (κ1) is 14.3. The second-order valence-electron chi connectivity index (χ2n) is 7.44. The van der Waals surface area contributed by atoms with Crippen molar-refractivity contribution in [1.29, 1.82) is 0 Å². The van der Waals surface area contributed by atoms with E-state index < -0.39 is 0 Å². The first-order valence-electron chi connectivity index (χ1n) is 7.98. The smallest absolute Gasteiger partial charge is 0.0101 e. The highest BCUT2D eigenvalue weighted by Gasteiger charge is 2.37. The van der Waals surface area contributed by atoms with Crippen LogP contribution in [-0.2, 0) is 0 Å². The Hall–Kier alpha value is -0.0800. The van der Waals surface area contributed by atoms with E-state index in [4.69, 9.17) is 0 Å². The molecule has 2 unspecified atom stereocenters. The highest BCUT2D eigenvalue weighted by atomic mass is 15.1.